The molecule has 1 aromatic heterocycles. The number of hydrogen-bond acceptors (Lipinski definition) is 5. The molecule has 0 aliphatic carbocycles. The number of aryl methyl sites for hydroxylation is 2. The van der Waals surface area contributed by atoms with Crippen molar-refractivity contribution in [3.63, 3.8) is 0 Å². The molecule has 23 heavy (non-hydrogen) atoms. The maximum atomic E-state index is 12.0. The average Bonchev–Trinajstić information content (AvgIpc) is 2.91. The maximum Gasteiger partial charge on any atom is 0.234 e. The zero-order chi connectivity index (χ0) is 16.7. The van der Waals surface area contributed by atoms with Crippen molar-refractivity contribution in [2.45, 2.75) is 18.5 Å². The summed E-state index contributed by atoms with van der Waals surface area (Å²) in [6.45, 7) is 2.00. The predicted molar refractivity (Wildman–Crippen MR) is 95.9 cm³/mol. The van der Waals surface area contributed by atoms with Gasteiger partial charge in [0.05, 0.1) is 22.7 Å². The van der Waals surface area contributed by atoms with Gasteiger partial charge < -0.3 is 10.3 Å². The molecule has 1 heterocycles. The molecule has 0 saturated heterocycles. The number of H-pyrrole nitrogens is 1. The lowest BCUT2D eigenvalue weighted by molar-refractivity contribution is -0.113. The summed E-state index contributed by atoms with van der Waals surface area (Å²) in [5.74, 6) is 1.12. The molecule has 5 nitrogen and oxygen atoms in total. The van der Waals surface area contributed by atoms with E-state index in [1.807, 2.05) is 6.92 Å². The smallest absolute Gasteiger partial charge is 0.234 e. The summed E-state index contributed by atoms with van der Waals surface area (Å²) in [6, 6.07) is 9.02. The van der Waals surface area contributed by atoms with Gasteiger partial charge in [-0.15, -0.1) is 0 Å². The summed E-state index contributed by atoms with van der Waals surface area (Å²) in [5, 5.41) is 12.5. The van der Waals surface area contributed by atoms with E-state index in [4.69, 9.17) is 5.26 Å². The molecule has 1 aromatic carbocycles. The summed E-state index contributed by atoms with van der Waals surface area (Å²) in [5.41, 5.74) is 3.10. The number of nitrogens with one attached hydrogen (secondary N) is 2. The van der Waals surface area contributed by atoms with Crippen LogP contribution in [0.2, 0.25) is 0 Å². The van der Waals surface area contributed by atoms with E-state index in [0.29, 0.717) is 11.3 Å². The largest absolute Gasteiger partial charge is 0.337 e. The van der Waals surface area contributed by atoms with Crippen LogP contribution in [0.1, 0.15) is 17.0 Å². The minimum atomic E-state index is -0.155. The van der Waals surface area contributed by atoms with Gasteiger partial charge in [-0.1, -0.05) is 23.9 Å². The van der Waals surface area contributed by atoms with Crippen LogP contribution in [0.4, 0.5) is 5.69 Å². The Hall–Kier alpha value is -1.91. The average molecular weight is 346 g/mol. The van der Waals surface area contributed by atoms with Gasteiger partial charge >= 0.3 is 0 Å². The molecule has 0 bridgehead atoms. The fourth-order valence-electron chi connectivity index (χ4n) is 1.99. The van der Waals surface area contributed by atoms with Gasteiger partial charge in [-0.2, -0.15) is 17.0 Å². The molecule has 2 rings (SSSR count). The number of benzene rings is 1. The summed E-state index contributed by atoms with van der Waals surface area (Å²) in [6.07, 6.45) is 2.99. The van der Waals surface area contributed by atoms with Crippen LogP contribution in [0, 0.1) is 18.3 Å². The summed E-state index contributed by atoms with van der Waals surface area (Å²) >= 11 is 3.15. The van der Waals surface area contributed by atoms with Crippen LogP contribution < -0.4 is 5.32 Å². The molecule has 0 saturated carbocycles. The summed E-state index contributed by atoms with van der Waals surface area (Å²) < 4.78 is 0. The first-order valence-corrected chi connectivity index (χ1v) is 9.48. The molecule has 0 unspecified atom stereocenters. The molecule has 0 fully saturated rings. The molecule has 0 spiro atoms. The number of anilines is 1. The maximum absolute atomic E-state index is 12.0. The number of thioether (sulfide) groups is 2. The van der Waals surface area contributed by atoms with Crippen molar-refractivity contribution in [2.24, 2.45) is 0 Å². The lowest BCUT2D eigenvalue weighted by atomic mass is 10.2. The topological polar surface area (TPSA) is 81.6 Å². The second-order valence-electron chi connectivity index (χ2n) is 4.85. The van der Waals surface area contributed by atoms with Gasteiger partial charge in [0.2, 0.25) is 5.91 Å². The van der Waals surface area contributed by atoms with E-state index in [-0.39, 0.29) is 11.7 Å². The molecular weight excluding hydrogens is 328 g/mol. The third kappa shape index (κ3) is 5.05. The molecule has 0 aliphatic heterocycles. The van der Waals surface area contributed by atoms with Gasteiger partial charge in [-0.25, -0.2) is 4.98 Å². The first kappa shape index (κ1) is 17.4. The Morgan fingerprint density at radius 1 is 1.43 bits per heavy atom. The number of nitrogens with zero attached hydrogens (tertiary/aromatic N) is 2. The molecular formula is C16H18N4OS2. The molecule has 120 valence electrons. The second-order valence-corrected chi connectivity index (χ2v) is 6.80. The molecule has 0 atom stereocenters. The second kappa shape index (κ2) is 8.65. The van der Waals surface area contributed by atoms with Gasteiger partial charge in [0.25, 0.3) is 0 Å². The SMILES string of the molecule is CSCCc1nc(SCC(=O)Nc2ccccc2C#N)[nH]c1C. The van der Waals surface area contributed by atoms with Crippen molar-refractivity contribution in [1.82, 2.24) is 9.97 Å². The van der Waals surface area contributed by atoms with Gasteiger partial charge in [0, 0.05) is 12.1 Å². The highest BCUT2D eigenvalue weighted by Gasteiger charge is 2.10. The lowest BCUT2D eigenvalue weighted by Crippen LogP contribution is -2.15. The normalized spacial score (nSPS) is 10.3. The monoisotopic (exact) mass is 346 g/mol. The molecule has 0 aliphatic rings. The lowest BCUT2D eigenvalue weighted by Gasteiger charge is -2.05. The number of aromatic nitrogens is 2. The van der Waals surface area contributed by atoms with Crippen LogP contribution >= 0.6 is 23.5 Å². The van der Waals surface area contributed by atoms with Crippen LogP contribution in [0.3, 0.4) is 0 Å². The van der Waals surface area contributed by atoms with Crippen molar-refractivity contribution in [1.29, 1.82) is 5.26 Å². The molecule has 7 heteroatoms. The number of carbonyl (C=O) groups is 1. The Balaban J connectivity index is 1.91. The Kier molecular flexibility index (Phi) is 6.56. The zero-order valence-corrected chi connectivity index (χ0v) is 14.7. The van der Waals surface area contributed by atoms with Crippen molar-refractivity contribution < 1.29 is 4.79 Å². The first-order chi connectivity index (χ1) is 11.1. The van der Waals surface area contributed by atoms with E-state index in [9.17, 15) is 4.79 Å². The number of aromatic amines is 1. The van der Waals surface area contributed by atoms with Gasteiger partial charge in [0.1, 0.15) is 6.07 Å². The highest BCUT2D eigenvalue weighted by Crippen LogP contribution is 2.19. The Labute approximate surface area is 144 Å². The Bertz CT molecular complexity index is 721. The number of nitriles is 1. The number of carbonyl (C=O) groups excluding carboxylic acids is 1. The standard InChI is InChI=1S/C16H18N4OS2/c1-11-13(7-8-22-2)20-16(18-11)23-10-15(21)19-14-6-4-3-5-12(14)9-17/h3-6H,7-8,10H2,1-2H3,(H,18,20)(H,19,21). The summed E-state index contributed by atoms with van der Waals surface area (Å²) in [7, 11) is 0. The van der Waals surface area contributed by atoms with Crippen molar-refractivity contribution >= 4 is 35.1 Å². The third-order valence-electron chi connectivity index (χ3n) is 3.17. The fraction of sp³-hybridized carbons (Fsp3) is 0.312. The van der Waals surface area contributed by atoms with Crippen LogP contribution in [-0.4, -0.2) is 33.6 Å². The zero-order valence-electron chi connectivity index (χ0n) is 13.0. The summed E-state index contributed by atoms with van der Waals surface area (Å²) in [4.78, 5) is 19.8. The van der Waals surface area contributed by atoms with E-state index in [1.54, 1.807) is 36.0 Å². The quantitative estimate of drug-likeness (QED) is 0.752. The molecule has 0 radical (unpaired) electrons. The van der Waals surface area contributed by atoms with Crippen molar-refractivity contribution in [3.8, 4) is 6.07 Å². The fourth-order valence-corrected chi connectivity index (χ4v) is 3.12. The van der Waals surface area contributed by atoms with E-state index >= 15 is 0 Å². The van der Waals surface area contributed by atoms with Crippen LogP contribution in [0.25, 0.3) is 0 Å². The Morgan fingerprint density at radius 2 is 2.22 bits per heavy atom. The number of para-hydroxylation sites is 1. The molecule has 2 N–H and O–H groups in total. The van der Waals surface area contributed by atoms with E-state index in [0.717, 1.165) is 28.7 Å². The number of hydrogen-bond donors (Lipinski definition) is 2. The van der Waals surface area contributed by atoms with Crippen LogP contribution in [-0.2, 0) is 11.2 Å². The third-order valence-corrected chi connectivity index (χ3v) is 4.65. The number of rotatable bonds is 7. The number of imidazole rings is 1. The Morgan fingerprint density at radius 3 is 2.96 bits per heavy atom. The van der Waals surface area contributed by atoms with E-state index < -0.39 is 0 Å². The van der Waals surface area contributed by atoms with Crippen LogP contribution in [0.15, 0.2) is 29.4 Å². The van der Waals surface area contributed by atoms with E-state index in [1.165, 1.54) is 11.8 Å². The van der Waals surface area contributed by atoms with Crippen molar-refractivity contribution in [2.75, 3.05) is 23.1 Å². The number of amides is 1. The first-order valence-electron chi connectivity index (χ1n) is 7.10. The molecule has 2 aromatic rings. The predicted octanol–water partition coefficient (Wildman–Crippen LogP) is 3.23. The highest BCUT2D eigenvalue weighted by atomic mass is 32.2. The van der Waals surface area contributed by atoms with Gasteiger partial charge in [-0.3, -0.25) is 4.79 Å². The minimum absolute atomic E-state index is 0.155. The molecule has 1 amide bonds. The minimum Gasteiger partial charge on any atom is -0.337 e. The van der Waals surface area contributed by atoms with Gasteiger partial charge in [0.15, 0.2) is 5.16 Å². The van der Waals surface area contributed by atoms with Gasteiger partial charge in [-0.05, 0) is 31.1 Å². The van der Waals surface area contributed by atoms with Crippen molar-refractivity contribution in [3.05, 3.63) is 41.2 Å². The highest BCUT2D eigenvalue weighted by molar-refractivity contribution is 7.99. The van der Waals surface area contributed by atoms with E-state index in [2.05, 4.69) is 27.6 Å². The van der Waals surface area contributed by atoms with Crippen LogP contribution in [0.5, 0.6) is 0 Å².